The van der Waals surface area contributed by atoms with E-state index in [0.717, 1.165) is 63.7 Å². The van der Waals surface area contributed by atoms with E-state index in [0.29, 0.717) is 19.3 Å². The number of carbonyl (C=O) groups is 3. The topological polar surface area (TPSA) is 78.9 Å². The summed E-state index contributed by atoms with van der Waals surface area (Å²) in [5.41, 5.74) is 0. The van der Waals surface area contributed by atoms with Crippen molar-refractivity contribution in [3.05, 3.63) is 0 Å². The van der Waals surface area contributed by atoms with E-state index >= 15 is 0 Å². The number of carbonyl (C=O) groups excluding carboxylic acids is 3. The first-order chi connectivity index (χ1) is 28.9. The molecule has 0 saturated carbocycles. The summed E-state index contributed by atoms with van der Waals surface area (Å²) >= 11 is 0. The van der Waals surface area contributed by atoms with Gasteiger partial charge in [-0.05, 0) is 25.2 Å². The van der Waals surface area contributed by atoms with Gasteiger partial charge in [-0.2, -0.15) is 0 Å². The molecule has 0 fully saturated rings. The second-order valence-corrected chi connectivity index (χ2v) is 18.4. The van der Waals surface area contributed by atoms with Crippen molar-refractivity contribution >= 4 is 17.9 Å². The second kappa shape index (κ2) is 47.5. The Morgan fingerprint density at radius 1 is 0.339 bits per heavy atom. The molecule has 0 bridgehead atoms. The average molecular weight is 835 g/mol. The van der Waals surface area contributed by atoms with Gasteiger partial charge in [0.1, 0.15) is 13.2 Å². The Morgan fingerprint density at radius 2 is 0.593 bits per heavy atom. The molecule has 0 amide bonds. The smallest absolute Gasteiger partial charge is 0.306 e. The minimum atomic E-state index is -0.760. The largest absolute Gasteiger partial charge is 0.462 e. The van der Waals surface area contributed by atoms with Crippen LogP contribution in [-0.4, -0.2) is 37.2 Å². The average Bonchev–Trinajstić information content (AvgIpc) is 3.23. The van der Waals surface area contributed by atoms with Crippen LogP contribution in [-0.2, 0) is 28.6 Å². The van der Waals surface area contributed by atoms with Crippen LogP contribution in [0.15, 0.2) is 0 Å². The molecule has 0 aliphatic carbocycles. The van der Waals surface area contributed by atoms with Crippen molar-refractivity contribution in [3.63, 3.8) is 0 Å². The quantitative estimate of drug-likeness (QED) is 0.0345. The number of esters is 3. The van der Waals surface area contributed by atoms with Gasteiger partial charge < -0.3 is 14.2 Å². The monoisotopic (exact) mass is 835 g/mol. The molecular weight excluding hydrogens is 733 g/mol. The summed E-state index contributed by atoms with van der Waals surface area (Å²) in [6.07, 6.45) is 49.5. The van der Waals surface area contributed by atoms with Gasteiger partial charge in [0.25, 0.3) is 0 Å². The third kappa shape index (κ3) is 45.8. The molecule has 6 nitrogen and oxygen atoms in total. The molecule has 0 rings (SSSR count). The van der Waals surface area contributed by atoms with Gasteiger partial charge in [0, 0.05) is 19.3 Å². The van der Waals surface area contributed by atoms with Crippen LogP contribution in [0.3, 0.4) is 0 Å². The van der Waals surface area contributed by atoms with Crippen LogP contribution in [0.5, 0.6) is 0 Å². The normalized spacial score (nSPS) is 12.4. The third-order valence-electron chi connectivity index (χ3n) is 12.4. The second-order valence-electron chi connectivity index (χ2n) is 18.4. The highest BCUT2D eigenvalue weighted by Crippen LogP contribution is 2.18. The van der Waals surface area contributed by atoms with E-state index < -0.39 is 6.10 Å². The summed E-state index contributed by atoms with van der Waals surface area (Å²) < 4.78 is 16.8. The van der Waals surface area contributed by atoms with Gasteiger partial charge in [0.15, 0.2) is 6.10 Å². The van der Waals surface area contributed by atoms with Crippen LogP contribution >= 0.6 is 0 Å². The van der Waals surface area contributed by atoms with E-state index in [1.165, 1.54) is 193 Å². The van der Waals surface area contributed by atoms with E-state index in [1.54, 1.807) is 0 Å². The van der Waals surface area contributed by atoms with Crippen LogP contribution in [0.4, 0.5) is 0 Å². The molecule has 0 saturated heterocycles. The van der Waals surface area contributed by atoms with Crippen LogP contribution < -0.4 is 0 Å². The third-order valence-corrected chi connectivity index (χ3v) is 12.4. The molecule has 350 valence electrons. The maximum atomic E-state index is 12.8. The summed E-state index contributed by atoms with van der Waals surface area (Å²) in [4.78, 5) is 37.9. The van der Waals surface area contributed by atoms with Gasteiger partial charge in [-0.15, -0.1) is 0 Å². The van der Waals surface area contributed by atoms with Crippen LogP contribution in [0, 0.1) is 5.92 Å². The first kappa shape index (κ1) is 57.4. The highest BCUT2D eigenvalue weighted by atomic mass is 16.6. The molecule has 0 N–H and O–H groups in total. The van der Waals surface area contributed by atoms with Crippen molar-refractivity contribution in [2.24, 2.45) is 5.92 Å². The summed E-state index contributed by atoms with van der Waals surface area (Å²) in [6, 6.07) is 0. The number of ether oxygens (including phenoxy) is 3. The maximum absolute atomic E-state index is 12.8. The first-order valence-corrected chi connectivity index (χ1v) is 26.4. The van der Waals surface area contributed by atoms with E-state index in [2.05, 4.69) is 27.7 Å². The Balaban J connectivity index is 4.25. The zero-order valence-corrected chi connectivity index (χ0v) is 40.2. The lowest BCUT2D eigenvalue weighted by atomic mass is 9.99. The molecule has 1 unspecified atom stereocenters. The molecule has 2 atom stereocenters. The minimum Gasteiger partial charge on any atom is -0.462 e. The van der Waals surface area contributed by atoms with Crippen LogP contribution in [0.2, 0.25) is 0 Å². The Labute approximate surface area is 368 Å². The molecule has 0 aliphatic heterocycles. The van der Waals surface area contributed by atoms with E-state index in [9.17, 15) is 14.4 Å². The Bertz CT molecular complexity index is 889. The van der Waals surface area contributed by atoms with E-state index in [1.807, 2.05) is 0 Å². The Kier molecular flexibility index (Phi) is 46.2. The lowest BCUT2D eigenvalue weighted by Gasteiger charge is -2.18. The molecule has 0 aliphatic rings. The van der Waals surface area contributed by atoms with Gasteiger partial charge in [0.2, 0.25) is 0 Å². The van der Waals surface area contributed by atoms with Gasteiger partial charge >= 0.3 is 17.9 Å². The zero-order valence-electron chi connectivity index (χ0n) is 40.2. The SMILES string of the molecule is CCCCCCCCCCCCCCCCCCCCCC(=O)O[C@H](COC(=O)CCCCCCCCCCCC)COC(=O)CCCCCCCCCCC(C)CC. The van der Waals surface area contributed by atoms with Crippen molar-refractivity contribution in [3.8, 4) is 0 Å². The van der Waals surface area contributed by atoms with Gasteiger partial charge in [-0.3, -0.25) is 14.4 Å². The van der Waals surface area contributed by atoms with Crippen molar-refractivity contribution in [2.75, 3.05) is 13.2 Å². The standard InChI is InChI=1S/C53H102O6/c1-5-8-10-12-14-16-18-19-20-21-22-23-24-25-26-28-34-38-42-46-53(56)59-50(47-57-51(54)44-40-36-32-27-17-15-13-11-9-6-2)48-58-52(55)45-41-37-33-30-29-31-35-39-43-49(4)7-3/h49-50H,5-48H2,1-4H3/t49?,50-/m1/s1. The zero-order chi connectivity index (χ0) is 43.1. The number of unbranched alkanes of at least 4 members (excludes halogenated alkanes) is 34. The molecule has 0 spiro atoms. The summed E-state index contributed by atoms with van der Waals surface area (Å²) in [6.45, 7) is 9.02. The molecular formula is C53H102O6. The molecule has 0 heterocycles. The first-order valence-electron chi connectivity index (χ1n) is 26.4. The molecule has 0 aromatic carbocycles. The lowest BCUT2D eigenvalue weighted by Crippen LogP contribution is -2.30. The fourth-order valence-electron chi connectivity index (χ4n) is 8.01. The van der Waals surface area contributed by atoms with Crippen molar-refractivity contribution in [1.82, 2.24) is 0 Å². The summed E-state index contributed by atoms with van der Waals surface area (Å²) in [5.74, 6) is 0.000942. The molecule has 59 heavy (non-hydrogen) atoms. The summed E-state index contributed by atoms with van der Waals surface area (Å²) in [7, 11) is 0. The van der Waals surface area contributed by atoms with Crippen molar-refractivity contribution in [2.45, 2.75) is 303 Å². The highest BCUT2D eigenvalue weighted by Gasteiger charge is 2.19. The number of hydrogen-bond acceptors (Lipinski definition) is 6. The Morgan fingerprint density at radius 3 is 0.881 bits per heavy atom. The maximum Gasteiger partial charge on any atom is 0.306 e. The molecule has 0 aromatic heterocycles. The number of hydrogen-bond donors (Lipinski definition) is 0. The van der Waals surface area contributed by atoms with Gasteiger partial charge in [-0.1, -0.05) is 259 Å². The van der Waals surface area contributed by atoms with E-state index in [4.69, 9.17) is 14.2 Å². The molecule has 0 aromatic rings. The lowest BCUT2D eigenvalue weighted by molar-refractivity contribution is -0.167. The van der Waals surface area contributed by atoms with Crippen LogP contribution in [0.25, 0.3) is 0 Å². The van der Waals surface area contributed by atoms with Crippen LogP contribution in [0.1, 0.15) is 297 Å². The van der Waals surface area contributed by atoms with Crippen molar-refractivity contribution < 1.29 is 28.6 Å². The highest BCUT2D eigenvalue weighted by molar-refractivity contribution is 5.71. The Hall–Kier alpha value is -1.59. The fraction of sp³-hybridized carbons (Fsp3) is 0.943. The van der Waals surface area contributed by atoms with Crippen molar-refractivity contribution in [1.29, 1.82) is 0 Å². The van der Waals surface area contributed by atoms with Gasteiger partial charge in [-0.25, -0.2) is 0 Å². The predicted molar refractivity (Wildman–Crippen MR) is 252 cm³/mol. The fourth-order valence-corrected chi connectivity index (χ4v) is 8.01. The summed E-state index contributed by atoms with van der Waals surface area (Å²) in [5, 5.41) is 0. The molecule has 6 heteroatoms. The minimum absolute atomic E-state index is 0.0633. The number of rotatable bonds is 48. The predicted octanol–water partition coefficient (Wildman–Crippen LogP) is 17.1. The van der Waals surface area contributed by atoms with E-state index in [-0.39, 0.29) is 31.1 Å². The van der Waals surface area contributed by atoms with Gasteiger partial charge in [0.05, 0.1) is 0 Å². The molecule has 0 radical (unpaired) electrons.